The van der Waals surface area contributed by atoms with E-state index in [4.69, 9.17) is 0 Å². The zero-order chi connectivity index (χ0) is 15.7. The van der Waals surface area contributed by atoms with Crippen molar-refractivity contribution >= 4 is 0 Å². The lowest BCUT2D eigenvalue weighted by Crippen LogP contribution is -2.34. The average molecular weight is 292 g/mol. The van der Waals surface area contributed by atoms with Gasteiger partial charge >= 0.3 is 0 Å². The first-order valence-electron chi connectivity index (χ1n) is 8.19. The van der Waals surface area contributed by atoms with Gasteiger partial charge in [-0.3, -0.25) is 4.90 Å². The zero-order valence-electron chi connectivity index (χ0n) is 14.2. The Balaban J connectivity index is 2.63. The average Bonchev–Trinajstić information content (AvgIpc) is 2.53. The summed E-state index contributed by atoms with van der Waals surface area (Å²) in [4.78, 5) is 2.43. The quantitative estimate of drug-likeness (QED) is 0.696. The number of hydrogen-bond donors (Lipinski definition) is 2. The number of nitrogens with one attached hydrogen (secondary N) is 1. The van der Waals surface area contributed by atoms with Crippen LogP contribution in [0.25, 0.3) is 0 Å². The van der Waals surface area contributed by atoms with Gasteiger partial charge in [0.25, 0.3) is 0 Å². The molecule has 3 nitrogen and oxygen atoms in total. The Morgan fingerprint density at radius 3 is 2.24 bits per heavy atom. The second-order valence-corrected chi connectivity index (χ2v) is 6.16. The van der Waals surface area contributed by atoms with Gasteiger partial charge in [-0.05, 0) is 30.6 Å². The molecule has 0 aliphatic rings. The zero-order valence-corrected chi connectivity index (χ0v) is 14.2. The molecule has 0 aliphatic heterocycles. The van der Waals surface area contributed by atoms with Crippen LogP contribution in [0.2, 0.25) is 0 Å². The molecule has 0 aliphatic carbocycles. The van der Waals surface area contributed by atoms with E-state index in [1.165, 1.54) is 11.1 Å². The van der Waals surface area contributed by atoms with Crippen molar-refractivity contribution in [3.05, 3.63) is 35.4 Å². The van der Waals surface area contributed by atoms with Crippen LogP contribution in [0.5, 0.6) is 0 Å². The third-order valence-electron chi connectivity index (χ3n) is 4.51. The minimum atomic E-state index is -0.0200. The van der Waals surface area contributed by atoms with E-state index >= 15 is 0 Å². The molecule has 1 aromatic carbocycles. The summed E-state index contributed by atoms with van der Waals surface area (Å²) < 4.78 is 0. The van der Waals surface area contributed by atoms with Gasteiger partial charge in [0.1, 0.15) is 0 Å². The van der Waals surface area contributed by atoms with E-state index in [-0.39, 0.29) is 12.0 Å². The molecule has 1 atom stereocenters. The van der Waals surface area contributed by atoms with E-state index in [1.807, 2.05) is 0 Å². The molecule has 0 fully saturated rings. The van der Waals surface area contributed by atoms with E-state index in [0.717, 1.165) is 39.1 Å². The van der Waals surface area contributed by atoms with Gasteiger partial charge < -0.3 is 10.4 Å². The Bertz CT molecular complexity index is 398. The minimum absolute atomic E-state index is 0.0200. The second kappa shape index (κ2) is 9.19. The fourth-order valence-electron chi connectivity index (χ4n) is 2.36. The number of rotatable bonds is 10. The predicted octanol–water partition coefficient (Wildman–Crippen LogP) is 3.03. The number of aliphatic hydroxyl groups is 1. The van der Waals surface area contributed by atoms with Crippen LogP contribution in [0.15, 0.2) is 24.3 Å². The summed E-state index contributed by atoms with van der Waals surface area (Å²) in [6.07, 6.45) is 0.984. The highest BCUT2D eigenvalue weighted by Crippen LogP contribution is 2.19. The maximum absolute atomic E-state index is 9.47. The summed E-state index contributed by atoms with van der Waals surface area (Å²) in [5.74, 6) is 0. The Morgan fingerprint density at radius 1 is 1.10 bits per heavy atom. The van der Waals surface area contributed by atoms with Crippen LogP contribution in [0.4, 0.5) is 0 Å². The smallest absolute Gasteiger partial charge is 0.0496 e. The molecule has 0 saturated carbocycles. The molecule has 120 valence electrons. The monoisotopic (exact) mass is 292 g/mol. The van der Waals surface area contributed by atoms with Crippen molar-refractivity contribution in [2.24, 2.45) is 5.41 Å². The molecule has 0 radical (unpaired) electrons. The fourth-order valence-corrected chi connectivity index (χ4v) is 2.36. The Labute approximate surface area is 130 Å². The van der Waals surface area contributed by atoms with Gasteiger partial charge in [-0.1, -0.05) is 52.0 Å². The Hall–Kier alpha value is -0.900. The Kier molecular flexibility index (Phi) is 7.94. The molecule has 1 unspecified atom stereocenters. The number of nitrogens with zero attached hydrogens (tertiary/aromatic N) is 1. The van der Waals surface area contributed by atoms with Crippen molar-refractivity contribution < 1.29 is 5.11 Å². The molecule has 1 aromatic rings. The van der Waals surface area contributed by atoms with E-state index < -0.39 is 0 Å². The van der Waals surface area contributed by atoms with Gasteiger partial charge in [-0.25, -0.2) is 0 Å². The molecule has 1 rings (SSSR count). The molecule has 0 spiro atoms. The number of aliphatic hydroxyl groups excluding tert-OH is 1. The summed E-state index contributed by atoms with van der Waals surface area (Å²) in [6.45, 7) is 13.8. The van der Waals surface area contributed by atoms with Crippen molar-refractivity contribution in [1.29, 1.82) is 0 Å². The van der Waals surface area contributed by atoms with Crippen LogP contribution in [0.3, 0.4) is 0 Å². The van der Waals surface area contributed by atoms with Crippen molar-refractivity contribution in [3.63, 3.8) is 0 Å². The first-order valence-corrected chi connectivity index (χ1v) is 8.19. The molecule has 0 saturated heterocycles. The van der Waals surface area contributed by atoms with Gasteiger partial charge in [0.15, 0.2) is 0 Å². The molecule has 21 heavy (non-hydrogen) atoms. The van der Waals surface area contributed by atoms with Gasteiger partial charge in [-0.2, -0.15) is 0 Å². The topological polar surface area (TPSA) is 35.5 Å². The van der Waals surface area contributed by atoms with Crippen LogP contribution < -0.4 is 5.32 Å². The largest absolute Gasteiger partial charge is 0.396 e. The lowest BCUT2D eigenvalue weighted by atomic mass is 9.88. The van der Waals surface area contributed by atoms with E-state index in [9.17, 15) is 5.11 Å². The van der Waals surface area contributed by atoms with Crippen molar-refractivity contribution in [2.45, 2.75) is 47.2 Å². The van der Waals surface area contributed by atoms with Crippen LogP contribution in [-0.4, -0.2) is 36.2 Å². The van der Waals surface area contributed by atoms with Gasteiger partial charge in [0.2, 0.25) is 0 Å². The van der Waals surface area contributed by atoms with Gasteiger partial charge in [0.05, 0.1) is 0 Å². The molecular weight excluding hydrogens is 260 g/mol. The summed E-state index contributed by atoms with van der Waals surface area (Å²) in [5, 5.41) is 13.0. The molecule has 2 N–H and O–H groups in total. The molecule has 0 aromatic heterocycles. The van der Waals surface area contributed by atoms with Gasteiger partial charge in [-0.15, -0.1) is 0 Å². The van der Waals surface area contributed by atoms with Crippen molar-refractivity contribution in [2.75, 3.05) is 26.2 Å². The third kappa shape index (κ3) is 5.77. The predicted molar refractivity (Wildman–Crippen MR) is 90.3 cm³/mol. The summed E-state index contributed by atoms with van der Waals surface area (Å²) in [6, 6.07) is 8.65. The highest BCUT2D eigenvalue weighted by atomic mass is 16.3. The third-order valence-corrected chi connectivity index (χ3v) is 4.51. The maximum Gasteiger partial charge on any atom is 0.0496 e. The fraction of sp³-hybridized carbons (Fsp3) is 0.667. The van der Waals surface area contributed by atoms with Crippen LogP contribution in [0, 0.1) is 5.41 Å². The maximum atomic E-state index is 9.47. The van der Waals surface area contributed by atoms with E-state index in [2.05, 4.69) is 62.2 Å². The van der Waals surface area contributed by atoms with Crippen LogP contribution in [0.1, 0.15) is 45.2 Å². The molecular formula is C18H32N2O. The first-order chi connectivity index (χ1) is 10.1. The summed E-state index contributed by atoms with van der Waals surface area (Å²) in [7, 11) is 0. The lowest BCUT2D eigenvalue weighted by Gasteiger charge is -2.26. The van der Waals surface area contributed by atoms with Crippen molar-refractivity contribution in [3.8, 4) is 0 Å². The highest BCUT2D eigenvalue weighted by Gasteiger charge is 2.20. The van der Waals surface area contributed by atoms with Crippen molar-refractivity contribution in [1.82, 2.24) is 10.2 Å². The number of benzene rings is 1. The molecule has 0 heterocycles. The first kappa shape index (κ1) is 18.1. The highest BCUT2D eigenvalue weighted by molar-refractivity contribution is 5.27. The van der Waals surface area contributed by atoms with Crippen LogP contribution in [-0.2, 0) is 13.1 Å². The molecule has 0 bridgehead atoms. The number of hydrogen-bond acceptors (Lipinski definition) is 3. The lowest BCUT2D eigenvalue weighted by molar-refractivity contribution is 0.135. The summed E-state index contributed by atoms with van der Waals surface area (Å²) >= 11 is 0. The molecule has 3 heteroatoms. The van der Waals surface area contributed by atoms with Gasteiger partial charge in [0, 0.05) is 31.7 Å². The summed E-state index contributed by atoms with van der Waals surface area (Å²) in [5.41, 5.74) is 2.74. The van der Waals surface area contributed by atoms with Crippen LogP contribution >= 0.6 is 0 Å². The molecule has 0 amide bonds. The minimum Gasteiger partial charge on any atom is -0.396 e. The van der Waals surface area contributed by atoms with E-state index in [0.29, 0.717) is 0 Å². The second-order valence-electron chi connectivity index (χ2n) is 6.16. The standard InChI is InChI=1S/C18H32N2O/c1-5-18(4,15-21)14-19-12-16-10-8-9-11-17(16)13-20(6-2)7-3/h8-11,19,21H,5-7,12-15H2,1-4H3. The van der Waals surface area contributed by atoms with E-state index in [1.54, 1.807) is 0 Å². The Morgan fingerprint density at radius 2 is 1.71 bits per heavy atom. The SMILES string of the molecule is CCN(CC)Cc1ccccc1CNCC(C)(CC)CO. The normalized spacial score (nSPS) is 14.4.